The molecule has 1 saturated heterocycles. The lowest BCUT2D eigenvalue weighted by atomic mass is 9.96. The van der Waals surface area contributed by atoms with E-state index in [1.807, 2.05) is 0 Å². The molecule has 0 aliphatic carbocycles. The van der Waals surface area contributed by atoms with Gasteiger partial charge in [0.25, 0.3) is 0 Å². The lowest BCUT2D eigenvalue weighted by Gasteiger charge is -2.32. The molecule has 0 unspecified atom stereocenters. The van der Waals surface area contributed by atoms with Gasteiger partial charge in [0, 0.05) is 13.6 Å². The van der Waals surface area contributed by atoms with Crippen LogP contribution in [-0.4, -0.2) is 51.9 Å². The molecule has 0 bridgehead atoms. The molecule has 1 aliphatic rings. The number of piperidine rings is 1. The highest BCUT2D eigenvalue weighted by Crippen LogP contribution is 2.19. The van der Waals surface area contributed by atoms with Crippen molar-refractivity contribution in [1.29, 1.82) is 0 Å². The molecule has 0 radical (unpaired) electrons. The largest absolute Gasteiger partial charge is 0.478 e. The molecular formula is C14H24N4O2. The second kappa shape index (κ2) is 6.85. The first-order valence-electron chi connectivity index (χ1n) is 7.29. The summed E-state index contributed by atoms with van der Waals surface area (Å²) >= 11 is 0. The molecule has 1 aliphatic heterocycles. The van der Waals surface area contributed by atoms with Crippen LogP contribution in [0.4, 0.5) is 0 Å². The Bertz CT molecular complexity index is 450. The fraction of sp³-hybridized carbons (Fsp3) is 0.714. The third kappa shape index (κ3) is 3.58. The zero-order chi connectivity index (χ0) is 14.5. The number of likely N-dealkylation sites (tertiary alicyclic amines) is 1. The van der Waals surface area contributed by atoms with Crippen LogP contribution in [0.3, 0.4) is 0 Å². The molecule has 1 aromatic rings. The average molecular weight is 280 g/mol. The highest BCUT2D eigenvalue weighted by molar-refractivity contribution is 5.88. The van der Waals surface area contributed by atoms with Gasteiger partial charge in [-0.2, -0.15) is 5.10 Å². The Balaban J connectivity index is 1.89. The van der Waals surface area contributed by atoms with Gasteiger partial charge in [-0.05, 0) is 44.9 Å². The lowest BCUT2D eigenvalue weighted by molar-refractivity contribution is 0.0693. The molecule has 0 spiro atoms. The van der Waals surface area contributed by atoms with Crippen LogP contribution in [0.25, 0.3) is 0 Å². The predicted molar refractivity (Wildman–Crippen MR) is 76.7 cm³/mol. The Hall–Kier alpha value is -1.40. The van der Waals surface area contributed by atoms with E-state index in [1.165, 1.54) is 19.0 Å². The van der Waals surface area contributed by atoms with Gasteiger partial charge in [0.2, 0.25) is 0 Å². The van der Waals surface area contributed by atoms with Crippen molar-refractivity contribution in [2.45, 2.75) is 26.3 Å². The van der Waals surface area contributed by atoms with Crippen molar-refractivity contribution in [2.24, 2.45) is 13.0 Å². The van der Waals surface area contributed by atoms with Crippen molar-refractivity contribution in [3.63, 3.8) is 0 Å². The average Bonchev–Trinajstić information content (AvgIpc) is 2.80. The Morgan fingerprint density at radius 2 is 2.20 bits per heavy atom. The first kappa shape index (κ1) is 15.0. The summed E-state index contributed by atoms with van der Waals surface area (Å²) in [6, 6.07) is 0. The van der Waals surface area contributed by atoms with Gasteiger partial charge in [0.1, 0.15) is 5.56 Å². The number of carbonyl (C=O) groups is 1. The normalized spacial score (nSPS) is 17.5. The standard InChI is InChI=1S/C14H24N4O2/c1-3-15-8-11-4-6-18(7-5-11)10-13-12(14(19)20)9-16-17(13)2/h9,11,15H,3-8,10H2,1-2H3,(H,19,20). The molecule has 0 amide bonds. The molecule has 0 aromatic carbocycles. The number of hydrogen-bond acceptors (Lipinski definition) is 4. The molecule has 2 rings (SSSR count). The lowest BCUT2D eigenvalue weighted by Crippen LogP contribution is -2.37. The number of carboxylic acids is 1. The smallest absolute Gasteiger partial charge is 0.339 e. The van der Waals surface area contributed by atoms with Crippen molar-refractivity contribution in [1.82, 2.24) is 20.0 Å². The number of aromatic carboxylic acids is 1. The molecule has 6 nitrogen and oxygen atoms in total. The quantitative estimate of drug-likeness (QED) is 0.811. The van der Waals surface area contributed by atoms with E-state index in [0.717, 1.165) is 37.8 Å². The fourth-order valence-electron chi connectivity index (χ4n) is 2.74. The highest BCUT2D eigenvalue weighted by Gasteiger charge is 2.22. The van der Waals surface area contributed by atoms with Gasteiger partial charge in [-0.15, -0.1) is 0 Å². The highest BCUT2D eigenvalue weighted by atomic mass is 16.4. The molecule has 0 saturated carbocycles. The van der Waals surface area contributed by atoms with Crippen LogP contribution in [-0.2, 0) is 13.6 Å². The summed E-state index contributed by atoms with van der Waals surface area (Å²) in [4.78, 5) is 13.5. The second-order valence-corrected chi connectivity index (χ2v) is 5.46. The van der Waals surface area contributed by atoms with E-state index >= 15 is 0 Å². The van der Waals surface area contributed by atoms with Crippen LogP contribution in [0.15, 0.2) is 6.20 Å². The van der Waals surface area contributed by atoms with Gasteiger partial charge >= 0.3 is 5.97 Å². The fourth-order valence-corrected chi connectivity index (χ4v) is 2.74. The van der Waals surface area contributed by atoms with Crippen molar-refractivity contribution >= 4 is 5.97 Å². The summed E-state index contributed by atoms with van der Waals surface area (Å²) in [5.41, 5.74) is 1.12. The second-order valence-electron chi connectivity index (χ2n) is 5.46. The molecule has 6 heteroatoms. The van der Waals surface area contributed by atoms with Gasteiger partial charge < -0.3 is 10.4 Å². The summed E-state index contributed by atoms with van der Waals surface area (Å²) in [5.74, 6) is -0.146. The summed E-state index contributed by atoms with van der Waals surface area (Å²) in [5, 5.41) is 16.6. The maximum absolute atomic E-state index is 11.2. The number of aryl methyl sites for hydroxylation is 1. The summed E-state index contributed by atoms with van der Waals surface area (Å²) in [6.45, 7) is 6.98. The van der Waals surface area contributed by atoms with Crippen LogP contribution in [0.5, 0.6) is 0 Å². The Labute approximate surface area is 119 Å². The van der Waals surface area contributed by atoms with Gasteiger partial charge in [-0.1, -0.05) is 6.92 Å². The number of nitrogens with one attached hydrogen (secondary N) is 1. The number of carboxylic acid groups (broad SMARTS) is 1. The van der Waals surface area contributed by atoms with E-state index in [-0.39, 0.29) is 0 Å². The van der Waals surface area contributed by atoms with Crippen LogP contribution in [0.1, 0.15) is 35.8 Å². The Morgan fingerprint density at radius 3 is 2.80 bits per heavy atom. The topological polar surface area (TPSA) is 70.4 Å². The number of rotatable bonds is 6. The first-order chi connectivity index (χ1) is 9.61. The number of hydrogen-bond donors (Lipinski definition) is 2. The molecule has 1 aromatic heterocycles. The van der Waals surface area contributed by atoms with E-state index in [1.54, 1.807) is 11.7 Å². The van der Waals surface area contributed by atoms with E-state index in [4.69, 9.17) is 5.11 Å². The third-order valence-electron chi connectivity index (χ3n) is 4.06. The SMILES string of the molecule is CCNCC1CCN(Cc2c(C(=O)O)cnn2C)CC1. The van der Waals surface area contributed by atoms with Crippen LogP contribution < -0.4 is 5.32 Å². The first-order valence-corrected chi connectivity index (χ1v) is 7.29. The third-order valence-corrected chi connectivity index (χ3v) is 4.06. The molecule has 0 atom stereocenters. The monoisotopic (exact) mass is 280 g/mol. The predicted octanol–water partition coefficient (Wildman–Crippen LogP) is 0.940. The van der Waals surface area contributed by atoms with Crippen LogP contribution in [0, 0.1) is 5.92 Å². The van der Waals surface area contributed by atoms with E-state index < -0.39 is 5.97 Å². The van der Waals surface area contributed by atoms with Crippen molar-refractivity contribution in [3.05, 3.63) is 17.5 Å². The summed E-state index contributed by atoms with van der Waals surface area (Å²) < 4.78 is 1.67. The van der Waals surface area contributed by atoms with Crippen molar-refractivity contribution in [2.75, 3.05) is 26.2 Å². The van der Waals surface area contributed by atoms with Crippen molar-refractivity contribution < 1.29 is 9.90 Å². The van der Waals surface area contributed by atoms with E-state index in [0.29, 0.717) is 12.1 Å². The summed E-state index contributed by atoms with van der Waals surface area (Å²) in [7, 11) is 1.81. The Morgan fingerprint density at radius 1 is 1.50 bits per heavy atom. The maximum atomic E-state index is 11.2. The zero-order valence-electron chi connectivity index (χ0n) is 12.3. The maximum Gasteiger partial charge on any atom is 0.339 e. The van der Waals surface area contributed by atoms with E-state index in [9.17, 15) is 4.79 Å². The van der Waals surface area contributed by atoms with E-state index in [2.05, 4.69) is 22.2 Å². The molecule has 1 fully saturated rings. The number of nitrogens with zero attached hydrogens (tertiary/aromatic N) is 3. The zero-order valence-corrected chi connectivity index (χ0v) is 12.3. The minimum atomic E-state index is -0.893. The van der Waals surface area contributed by atoms with Crippen LogP contribution in [0.2, 0.25) is 0 Å². The number of aromatic nitrogens is 2. The minimum absolute atomic E-state index is 0.322. The molecule has 20 heavy (non-hydrogen) atoms. The molecule has 112 valence electrons. The van der Waals surface area contributed by atoms with Gasteiger partial charge in [0.05, 0.1) is 11.9 Å². The molecular weight excluding hydrogens is 256 g/mol. The van der Waals surface area contributed by atoms with Crippen molar-refractivity contribution in [3.8, 4) is 0 Å². The minimum Gasteiger partial charge on any atom is -0.478 e. The Kier molecular flexibility index (Phi) is 5.14. The molecule has 2 N–H and O–H groups in total. The summed E-state index contributed by atoms with van der Waals surface area (Å²) in [6.07, 6.45) is 3.79. The molecule has 2 heterocycles. The van der Waals surface area contributed by atoms with Crippen LogP contribution >= 0.6 is 0 Å². The van der Waals surface area contributed by atoms with Gasteiger partial charge in [-0.3, -0.25) is 9.58 Å². The van der Waals surface area contributed by atoms with Gasteiger partial charge in [0.15, 0.2) is 0 Å². The van der Waals surface area contributed by atoms with Gasteiger partial charge in [-0.25, -0.2) is 4.79 Å².